The summed E-state index contributed by atoms with van der Waals surface area (Å²) in [6.07, 6.45) is 8.20. The van der Waals surface area contributed by atoms with Gasteiger partial charge in [0.2, 0.25) is 0 Å². The Morgan fingerprint density at radius 2 is 1.79 bits per heavy atom. The third kappa shape index (κ3) is 4.17. The highest BCUT2D eigenvalue weighted by Crippen LogP contribution is 2.27. The lowest BCUT2D eigenvalue weighted by Gasteiger charge is -2.41. The second-order valence-electron chi connectivity index (χ2n) is 6.48. The largest absolute Gasteiger partial charge is 0.314 e. The fourth-order valence-corrected chi connectivity index (χ4v) is 4.01. The summed E-state index contributed by atoms with van der Waals surface area (Å²) in [5.41, 5.74) is 0. The lowest BCUT2D eigenvalue weighted by Crippen LogP contribution is -2.48. The molecular weight excluding hydrogens is 234 g/mol. The van der Waals surface area contributed by atoms with Crippen molar-refractivity contribution in [2.24, 2.45) is 0 Å². The van der Waals surface area contributed by atoms with Crippen LogP contribution in [0, 0.1) is 0 Å². The maximum atomic E-state index is 3.63. The Balaban J connectivity index is 1.89. The molecule has 1 heterocycles. The Bertz CT molecular complexity index is 248. The number of hydrogen-bond donors (Lipinski definition) is 1. The molecule has 19 heavy (non-hydrogen) atoms. The summed E-state index contributed by atoms with van der Waals surface area (Å²) in [6.45, 7) is 9.58. The Morgan fingerprint density at radius 3 is 2.42 bits per heavy atom. The third-order valence-corrected chi connectivity index (χ3v) is 5.08. The zero-order valence-electron chi connectivity index (χ0n) is 13.2. The van der Waals surface area contributed by atoms with Crippen LogP contribution in [0.15, 0.2) is 0 Å². The van der Waals surface area contributed by atoms with Gasteiger partial charge >= 0.3 is 0 Å². The Labute approximate surface area is 119 Å². The first kappa shape index (κ1) is 15.3. The summed E-state index contributed by atoms with van der Waals surface area (Å²) in [6, 6.07) is 2.43. The number of nitrogens with one attached hydrogen (secondary N) is 1. The maximum Gasteiger partial charge on any atom is 0.0223 e. The molecule has 1 N–H and O–H groups in total. The highest BCUT2D eigenvalue weighted by Gasteiger charge is 2.31. The van der Waals surface area contributed by atoms with Gasteiger partial charge in [0, 0.05) is 24.7 Å². The molecule has 0 aromatic heterocycles. The minimum absolute atomic E-state index is 0.785. The fourth-order valence-electron chi connectivity index (χ4n) is 4.01. The quantitative estimate of drug-likeness (QED) is 0.843. The van der Waals surface area contributed by atoms with Crippen LogP contribution in [0.3, 0.4) is 0 Å². The molecule has 2 aliphatic rings. The van der Waals surface area contributed by atoms with Gasteiger partial charge in [0.05, 0.1) is 0 Å². The summed E-state index contributed by atoms with van der Waals surface area (Å²) in [7, 11) is 2.29. The molecule has 0 aromatic carbocycles. The molecule has 0 bridgehead atoms. The number of nitrogens with zero attached hydrogens (tertiary/aromatic N) is 2. The van der Waals surface area contributed by atoms with E-state index in [4.69, 9.17) is 0 Å². The van der Waals surface area contributed by atoms with Crippen LogP contribution < -0.4 is 5.32 Å². The topological polar surface area (TPSA) is 18.5 Å². The molecule has 0 spiro atoms. The molecule has 0 aromatic rings. The summed E-state index contributed by atoms with van der Waals surface area (Å²) in [4.78, 5) is 5.38. The Morgan fingerprint density at radius 1 is 1.05 bits per heavy atom. The Hall–Kier alpha value is -0.120. The van der Waals surface area contributed by atoms with Crippen LogP contribution in [0.5, 0.6) is 0 Å². The highest BCUT2D eigenvalue weighted by molar-refractivity contribution is 4.88. The zero-order chi connectivity index (χ0) is 13.7. The molecule has 0 radical (unpaired) electrons. The molecule has 3 nitrogen and oxygen atoms in total. The van der Waals surface area contributed by atoms with Crippen molar-refractivity contribution in [3.05, 3.63) is 0 Å². The number of hydrogen-bond acceptors (Lipinski definition) is 3. The van der Waals surface area contributed by atoms with E-state index in [1.54, 1.807) is 0 Å². The summed E-state index contributed by atoms with van der Waals surface area (Å²) in [5.74, 6) is 0. The van der Waals surface area contributed by atoms with Gasteiger partial charge in [-0.3, -0.25) is 4.90 Å². The van der Waals surface area contributed by atoms with Gasteiger partial charge < -0.3 is 10.2 Å². The first-order chi connectivity index (χ1) is 9.24. The van der Waals surface area contributed by atoms with Crippen LogP contribution in [-0.4, -0.2) is 61.2 Å². The summed E-state index contributed by atoms with van der Waals surface area (Å²) >= 11 is 0. The number of likely N-dealkylation sites (N-methyl/N-ethyl adjacent to an activating group) is 1. The molecule has 2 fully saturated rings. The molecule has 2 rings (SSSR count). The normalized spacial score (nSPS) is 35.2. The van der Waals surface area contributed by atoms with E-state index in [9.17, 15) is 0 Å². The predicted molar refractivity (Wildman–Crippen MR) is 82.6 cm³/mol. The van der Waals surface area contributed by atoms with Crippen molar-refractivity contribution in [1.82, 2.24) is 15.1 Å². The van der Waals surface area contributed by atoms with Crippen LogP contribution in [0.4, 0.5) is 0 Å². The van der Waals surface area contributed by atoms with Crippen LogP contribution in [-0.2, 0) is 0 Å². The molecule has 1 aliphatic heterocycles. The van der Waals surface area contributed by atoms with Crippen LogP contribution >= 0.6 is 0 Å². The highest BCUT2D eigenvalue weighted by atomic mass is 15.2. The van der Waals surface area contributed by atoms with Gasteiger partial charge in [0.25, 0.3) is 0 Å². The van der Waals surface area contributed by atoms with Gasteiger partial charge in [-0.15, -0.1) is 0 Å². The van der Waals surface area contributed by atoms with Gasteiger partial charge in [-0.05, 0) is 65.2 Å². The van der Waals surface area contributed by atoms with E-state index in [0.717, 1.165) is 24.7 Å². The van der Waals surface area contributed by atoms with Crippen molar-refractivity contribution in [2.45, 2.75) is 70.5 Å². The van der Waals surface area contributed by atoms with E-state index in [-0.39, 0.29) is 0 Å². The minimum Gasteiger partial charge on any atom is -0.314 e. The predicted octanol–water partition coefficient (Wildman–Crippen LogP) is 2.32. The van der Waals surface area contributed by atoms with Crippen LogP contribution in [0.25, 0.3) is 0 Å². The lowest BCUT2D eigenvalue weighted by atomic mass is 9.89. The first-order valence-electron chi connectivity index (χ1n) is 8.42. The van der Waals surface area contributed by atoms with Crippen molar-refractivity contribution in [2.75, 3.05) is 33.2 Å². The standard InChI is InChI=1S/C16H33N3/c1-4-15-13-18(3)11-6-12-19(15)16-9-7-14(8-10-16)17-5-2/h14-17H,4-13H2,1-3H3. The fraction of sp³-hybridized carbons (Fsp3) is 1.00. The van der Waals surface area contributed by atoms with E-state index < -0.39 is 0 Å². The van der Waals surface area contributed by atoms with Gasteiger partial charge in [-0.25, -0.2) is 0 Å². The summed E-state index contributed by atoms with van der Waals surface area (Å²) < 4.78 is 0. The van der Waals surface area contributed by atoms with Crippen molar-refractivity contribution in [1.29, 1.82) is 0 Å². The summed E-state index contributed by atoms with van der Waals surface area (Å²) in [5, 5.41) is 3.63. The SMILES string of the molecule is CCNC1CCC(N2CCCN(C)CC2CC)CC1. The molecule has 1 aliphatic carbocycles. The van der Waals surface area contributed by atoms with E-state index in [1.807, 2.05) is 0 Å². The maximum absolute atomic E-state index is 3.63. The van der Waals surface area contributed by atoms with Crippen molar-refractivity contribution < 1.29 is 0 Å². The molecule has 3 heteroatoms. The van der Waals surface area contributed by atoms with Crippen LogP contribution in [0.2, 0.25) is 0 Å². The second-order valence-corrected chi connectivity index (χ2v) is 6.48. The third-order valence-electron chi connectivity index (χ3n) is 5.08. The zero-order valence-corrected chi connectivity index (χ0v) is 13.2. The van der Waals surface area contributed by atoms with Crippen molar-refractivity contribution in [3.63, 3.8) is 0 Å². The smallest absolute Gasteiger partial charge is 0.0223 e. The lowest BCUT2D eigenvalue weighted by molar-refractivity contribution is 0.0938. The molecule has 1 unspecified atom stereocenters. The van der Waals surface area contributed by atoms with Gasteiger partial charge in [0.1, 0.15) is 0 Å². The van der Waals surface area contributed by atoms with E-state index in [2.05, 4.69) is 36.0 Å². The average Bonchev–Trinajstić information content (AvgIpc) is 2.61. The van der Waals surface area contributed by atoms with E-state index in [0.29, 0.717) is 0 Å². The molecule has 1 saturated heterocycles. The minimum atomic E-state index is 0.785. The van der Waals surface area contributed by atoms with Gasteiger partial charge in [0.15, 0.2) is 0 Å². The van der Waals surface area contributed by atoms with E-state index in [1.165, 1.54) is 58.2 Å². The number of rotatable bonds is 4. The Kier molecular flexibility index (Phi) is 6.11. The van der Waals surface area contributed by atoms with Crippen LogP contribution in [0.1, 0.15) is 52.4 Å². The van der Waals surface area contributed by atoms with Gasteiger partial charge in [-0.1, -0.05) is 13.8 Å². The van der Waals surface area contributed by atoms with Crippen molar-refractivity contribution in [3.8, 4) is 0 Å². The van der Waals surface area contributed by atoms with Gasteiger partial charge in [-0.2, -0.15) is 0 Å². The average molecular weight is 267 g/mol. The monoisotopic (exact) mass is 267 g/mol. The second kappa shape index (κ2) is 7.61. The van der Waals surface area contributed by atoms with Crippen molar-refractivity contribution >= 4 is 0 Å². The molecule has 0 amide bonds. The molecule has 1 saturated carbocycles. The molecule has 1 atom stereocenters. The molecular formula is C16H33N3. The first-order valence-corrected chi connectivity index (χ1v) is 8.42. The molecule has 112 valence electrons. The van der Waals surface area contributed by atoms with E-state index >= 15 is 0 Å².